The molecule has 0 unspecified atom stereocenters. The van der Waals surface area contributed by atoms with Crippen molar-refractivity contribution >= 4 is 23.3 Å². The van der Waals surface area contributed by atoms with Crippen molar-refractivity contribution in [2.24, 2.45) is 0 Å². The highest BCUT2D eigenvalue weighted by atomic mass is 19.4. The molecule has 0 radical (unpaired) electrons. The number of carbonyl (C=O) groups is 3. The third-order valence-corrected chi connectivity index (χ3v) is 5.38. The summed E-state index contributed by atoms with van der Waals surface area (Å²) in [6.45, 7) is 4.05. The maximum atomic E-state index is 13.1. The third-order valence-electron chi connectivity index (χ3n) is 5.38. The number of anilines is 1. The topological polar surface area (TPSA) is 75.3 Å². The first-order valence-corrected chi connectivity index (χ1v) is 10.4. The van der Waals surface area contributed by atoms with Gasteiger partial charge in [-0.1, -0.05) is 36.4 Å². The van der Waals surface area contributed by atoms with Crippen molar-refractivity contribution < 1.29 is 27.6 Å². The van der Waals surface area contributed by atoms with Crippen LogP contribution in [0.3, 0.4) is 0 Å². The molecule has 0 saturated heterocycles. The maximum absolute atomic E-state index is 13.1. The summed E-state index contributed by atoms with van der Waals surface area (Å²) in [4.78, 5) is 38.3. The highest BCUT2D eigenvalue weighted by molar-refractivity contribution is 6.18. The maximum Gasteiger partial charge on any atom is 0.405 e. The minimum absolute atomic E-state index is 0.0374. The number of ketones is 1. The molecular weight excluding hydrogens is 445 g/mol. The van der Waals surface area contributed by atoms with Gasteiger partial charge in [0.2, 0.25) is 0 Å². The second kappa shape index (κ2) is 9.91. The summed E-state index contributed by atoms with van der Waals surface area (Å²) in [6.07, 6.45) is -4.54. The van der Waals surface area contributed by atoms with Crippen molar-refractivity contribution in [1.29, 1.82) is 0 Å². The van der Waals surface area contributed by atoms with E-state index in [1.54, 1.807) is 42.6 Å². The summed E-state index contributed by atoms with van der Waals surface area (Å²) in [5, 5.41) is 4.47. The van der Waals surface area contributed by atoms with Gasteiger partial charge in [-0.15, -0.1) is 0 Å². The predicted octanol–water partition coefficient (Wildman–Crippen LogP) is 5.39. The molecule has 34 heavy (non-hydrogen) atoms. The lowest BCUT2D eigenvalue weighted by Crippen LogP contribution is -2.33. The van der Waals surface area contributed by atoms with E-state index in [1.807, 2.05) is 19.9 Å². The van der Waals surface area contributed by atoms with E-state index in [0.29, 0.717) is 11.1 Å². The van der Waals surface area contributed by atoms with Crippen LogP contribution in [0.25, 0.3) is 0 Å². The SMILES string of the molecule is Cc1ccc(C(=O)c2ccccc2C(=O)Nc2cc(C(=O)NCC(F)(F)F)ccc2C)cc1C. The van der Waals surface area contributed by atoms with Crippen LogP contribution in [0.2, 0.25) is 0 Å². The molecule has 2 amide bonds. The predicted molar refractivity (Wildman–Crippen MR) is 123 cm³/mol. The minimum Gasteiger partial charge on any atom is -0.343 e. The second-order valence-corrected chi connectivity index (χ2v) is 7.96. The van der Waals surface area contributed by atoms with Gasteiger partial charge in [-0.25, -0.2) is 0 Å². The molecule has 0 fully saturated rings. The highest BCUT2D eigenvalue weighted by Gasteiger charge is 2.28. The van der Waals surface area contributed by atoms with Crippen LogP contribution in [0.1, 0.15) is 53.3 Å². The Morgan fingerprint density at radius 3 is 2.00 bits per heavy atom. The van der Waals surface area contributed by atoms with Gasteiger partial charge in [0.15, 0.2) is 5.78 Å². The standard InChI is InChI=1S/C26H23F3N2O3/c1-15-8-10-18(12-17(15)3)23(32)20-6-4-5-7-21(20)25(34)31-22-13-19(11-9-16(22)2)24(33)30-14-26(27,28)29/h4-13H,14H2,1-3H3,(H,30,33)(H,31,34). The van der Waals surface area contributed by atoms with Crippen LogP contribution < -0.4 is 10.6 Å². The number of amides is 2. The van der Waals surface area contributed by atoms with E-state index in [1.165, 1.54) is 24.3 Å². The fourth-order valence-electron chi connectivity index (χ4n) is 3.29. The molecule has 0 saturated carbocycles. The van der Waals surface area contributed by atoms with Gasteiger partial charge in [0.1, 0.15) is 6.54 Å². The minimum atomic E-state index is -4.54. The summed E-state index contributed by atoms with van der Waals surface area (Å²) in [5.74, 6) is -1.81. The Morgan fingerprint density at radius 1 is 0.735 bits per heavy atom. The molecule has 3 aromatic carbocycles. The molecule has 0 spiro atoms. The van der Waals surface area contributed by atoms with Gasteiger partial charge in [0.25, 0.3) is 11.8 Å². The molecule has 0 aliphatic rings. The molecule has 0 bridgehead atoms. The normalized spacial score (nSPS) is 11.1. The summed E-state index contributed by atoms with van der Waals surface area (Å²) in [6, 6.07) is 15.8. The molecule has 0 aliphatic heterocycles. The monoisotopic (exact) mass is 468 g/mol. The molecule has 5 nitrogen and oxygen atoms in total. The number of alkyl halides is 3. The first kappa shape index (κ1) is 24.7. The number of halogens is 3. The molecule has 2 N–H and O–H groups in total. The second-order valence-electron chi connectivity index (χ2n) is 7.96. The molecule has 176 valence electrons. The molecular formula is C26H23F3N2O3. The van der Waals surface area contributed by atoms with Crippen LogP contribution in [-0.4, -0.2) is 30.3 Å². The Balaban J connectivity index is 1.86. The fourth-order valence-corrected chi connectivity index (χ4v) is 3.29. The van der Waals surface area contributed by atoms with Gasteiger partial charge < -0.3 is 10.6 Å². The van der Waals surface area contributed by atoms with E-state index in [9.17, 15) is 27.6 Å². The number of benzene rings is 3. The van der Waals surface area contributed by atoms with E-state index >= 15 is 0 Å². The largest absolute Gasteiger partial charge is 0.405 e. The van der Waals surface area contributed by atoms with E-state index in [4.69, 9.17) is 0 Å². The van der Waals surface area contributed by atoms with Crippen molar-refractivity contribution in [3.8, 4) is 0 Å². The Hall–Kier alpha value is -3.94. The van der Waals surface area contributed by atoms with Crippen LogP contribution in [0, 0.1) is 20.8 Å². The van der Waals surface area contributed by atoms with Crippen LogP contribution in [0.5, 0.6) is 0 Å². The summed E-state index contributed by atoms with van der Waals surface area (Å²) >= 11 is 0. The first-order chi connectivity index (χ1) is 16.0. The summed E-state index contributed by atoms with van der Waals surface area (Å²) < 4.78 is 37.2. The zero-order valence-electron chi connectivity index (χ0n) is 18.8. The first-order valence-electron chi connectivity index (χ1n) is 10.4. The number of nitrogens with one attached hydrogen (secondary N) is 2. The molecule has 0 aliphatic carbocycles. The molecule has 3 aromatic rings. The fraction of sp³-hybridized carbons (Fsp3) is 0.192. The van der Waals surface area contributed by atoms with Gasteiger partial charge in [0, 0.05) is 22.4 Å². The molecule has 3 rings (SSSR count). The summed E-state index contributed by atoms with van der Waals surface area (Å²) in [5.41, 5.74) is 3.59. The van der Waals surface area contributed by atoms with Crippen LogP contribution >= 0.6 is 0 Å². The Kier molecular flexibility index (Phi) is 7.20. The van der Waals surface area contributed by atoms with Gasteiger partial charge in [0.05, 0.1) is 5.56 Å². The lowest BCUT2D eigenvalue weighted by Gasteiger charge is -2.14. The van der Waals surface area contributed by atoms with Gasteiger partial charge in [-0.05, 0) is 61.7 Å². The van der Waals surface area contributed by atoms with E-state index in [-0.39, 0.29) is 28.2 Å². The Bertz CT molecular complexity index is 1270. The van der Waals surface area contributed by atoms with E-state index < -0.39 is 24.5 Å². The highest BCUT2D eigenvalue weighted by Crippen LogP contribution is 2.22. The lowest BCUT2D eigenvalue weighted by molar-refractivity contribution is -0.123. The lowest BCUT2D eigenvalue weighted by atomic mass is 9.95. The third kappa shape index (κ3) is 5.89. The summed E-state index contributed by atoms with van der Waals surface area (Å²) in [7, 11) is 0. The average molecular weight is 468 g/mol. The van der Waals surface area contributed by atoms with Crippen molar-refractivity contribution in [3.63, 3.8) is 0 Å². The molecule has 0 aromatic heterocycles. The smallest absolute Gasteiger partial charge is 0.343 e. The van der Waals surface area contributed by atoms with Crippen LogP contribution in [0.15, 0.2) is 60.7 Å². The average Bonchev–Trinajstić information content (AvgIpc) is 2.79. The van der Waals surface area contributed by atoms with Gasteiger partial charge in [-0.3, -0.25) is 14.4 Å². The van der Waals surface area contributed by atoms with Gasteiger partial charge in [-0.2, -0.15) is 13.2 Å². The van der Waals surface area contributed by atoms with Crippen molar-refractivity contribution in [3.05, 3.63) is 99.6 Å². The van der Waals surface area contributed by atoms with Crippen LogP contribution in [-0.2, 0) is 0 Å². The number of aryl methyl sites for hydroxylation is 3. The Labute approximate surface area is 195 Å². The number of rotatable bonds is 6. The number of carbonyl (C=O) groups excluding carboxylic acids is 3. The number of hydrogen-bond acceptors (Lipinski definition) is 3. The zero-order valence-corrected chi connectivity index (χ0v) is 18.8. The zero-order chi connectivity index (χ0) is 25.0. The van der Waals surface area contributed by atoms with E-state index in [2.05, 4.69) is 5.32 Å². The Morgan fingerprint density at radius 2 is 1.35 bits per heavy atom. The molecule has 0 atom stereocenters. The molecule has 0 heterocycles. The van der Waals surface area contributed by atoms with Crippen molar-refractivity contribution in [2.45, 2.75) is 26.9 Å². The molecule has 8 heteroatoms. The van der Waals surface area contributed by atoms with Crippen molar-refractivity contribution in [1.82, 2.24) is 5.32 Å². The number of hydrogen-bond donors (Lipinski definition) is 2. The van der Waals surface area contributed by atoms with Crippen molar-refractivity contribution in [2.75, 3.05) is 11.9 Å². The van der Waals surface area contributed by atoms with Crippen LogP contribution in [0.4, 0.5) is 18.9 Å². The van der Waals surface area contributed by atoms with E-state index in [0.717, 1.165) is 11.1 Å². The quantitative estimate of drug-likeness (QED) is 0.477. The van der Waals surface area contributed by atoms with Gasteiger partial charge >= 0.3 is 6.18 Å².